The molecule has 1 saturated heterocycles. The maximum absolute atomic E-state index is 13.3. The summed E-state index contributed by atoms with van der Waals surface area (Å²) in [5, 5.41) is 2.94. The van der Waals surface area contributed by atoms with E-state index >= 15 is 0 Å². The minimum atomic E-state index is -0.414. The molecule has 1 heterocycles. The molecule has 22 heavy (non-hydrogen) atoms. The molecular weight excluding hydrogens is 398 g/mol. The van der Waals surface area contributed by atoms with Crippen LogP contribution in [0.2, 0.25) is 0 Å². The van der Waals surface area contributed by atoms with Crippen LogP contribution in [0.4, 0.5) is 4.39 Å². The van der Waals surface area contributed by atoms with Crippen molar-refractivity contribution in [1.82, 2.24) is 10.2 Å². The molecule has 1 aliphatic rings. The van der Waals surface area contributed by atoms with Gasteiger partial charge in [-0.1, -0.05) is 13.8 Å². The van der Waals surface area contributed by atoms with Crippen LogP contribution in [0.5, 0.6) is 0 Å². The number of hydrogen-bond donors (Lipinski definition) is 1. The van der Waals surface area contributed by atoms with Crippen molar-refractivity contribution in [2.45, 2.75) is 32.7 Å². The van der Waals surface area contributed by atoms with Gasteiger partial charge in [-0.15, -0.1) is 0 Å². The van der Waals surface area contributed by atoms with Gasteiger partial charge in [0.05, 0.1) is 5.56 Å². The second-order valence-electron chi connectivity index (χ2n) is 5.85. The van der Waals surface area contributed by atoms with Gasteiger partial charge in [-0.25, -0.2) is 4.39 Å². The van der Waals surface area contributed by atoms with E-state index < -0.39 is 5.82 Å². The maximum atomic E-state index is 13.3. The van der Waals surface area contributed by atoms with Crippen molar-refractivity contribution >= 4 is 34.4 Å². The van der Waals surface area contributed by atoms with Gasteiger partial charge >= 0.3 is 0 Å². The van der Waals surface area contributed by atoms with E-state index in [1.807, 2.05) is 41.3 Å². The number of likely N-dealkylation sites (tertiary alicyclic amines) is 1. The highest BCUT2D eigenvalue weighted by atomic mass is 127. The first-order chi connectivity index (χ1) is 10.4. The average molecular weight is 418 g/mol. The molecule has 1 aliphatic heterocycles. The van der Waals surface area contributed by atoms with Crippen LogP contribution in [0.3, 0.4) is 0 Å². The number of rotatable bonds is 3. The van der Waals surface area contributed by atoms with Crippen LogP contribution in [-0.4, -0.2) is 35.8 Å². The zero-order valence-corrected chi connectivity index (χ0v) is 14.9. The molecule has 0 saturated carbocycles. The average Bonchev–Trinajstić information content (AvgIpc) is 2.49. The number of halogens is 2. The van der Waals surface area contributed by atoms with E-state index in [2.05, 4.69) is 5.32 Å². The fraction of sp³-hybridized carbons (Fsp3) is 0.500. The Kier molecular flexibility index (Phi) is 5.77. The first kappa shape index (κ1) is 17.2. The van der Waals surface area contributed by atoms with Gasteiger partial charge in [0.1, 0.15) is 5.82 Å². The Hall–Kier alpha value is -1.18. The number of piperidine rings is 1. The van der Waals surface area contributed by atoms with Gasteiger partial charge in [-0.05, 0) is 53.6 Å². The monoisotopic (exact) mass is 418 g/mol. The quantitative estimate of drug-likeness (QED) is 0.768. The molecule has 0 radical (unpaired) electrons. The summed E-state index contributed by atoms with van der Waals surface area (Å²) in [4.78, 5) is 26.0. The third-order valence-electron chi connectivity index (χ3n) is 3.81. The van der Waals surface area contributed by atoms with Crippen LogP contribution in [0.1, 0.15) is 37.0 Å². The van der Waals surface area contributed by atoms with Crippen LogP contribution >= 0.6 is 22.6 Å². The highest BCUT2D eigenvalue weighted by molar-refractivity contribution is 14.1. The number of benzene rings is 1. The molecule has 2 rings (SSSR count). The lowest BCUT2D eigenvalue weighted by Crippen LogP contribution is -2.47. The topological polar surface area (TPSA) is 49.4 Å². The normalized spacial score (nSPS) is 16.0. The van der Waals surface area contributed by atoms with Crippen LogP contribution in [0.15, 0.2) is 18.2 Å². The summed E-state index contributed by atoms with van der Waals surface area (Å²) in [7, 11) is 0. The van der Waals surface area contributed by atoms with E-state index in [1.165, 1.54) is 12.1 Å². The molecule has 0 bridgehead atoms. The van der Waals surface area contributed by atoms with Gasteiger partial charge in [0, 0.05) is 28.6 Å². The molecule has 1 fully saturated rings. The Labute approximate surface area is 143 Å². The van der Waals surface area contributed by atoms with Crippen molar-refractivity contribution in [2.24, 2.45) is 5.92 Å². The molecule has 1 aromatic rings. The third-order valence-corrected chi connectivity index (χ3v) is 4.75. The second-order valence-corrected chi connectivity index (χ2v) is 7.01. The lowest BCUT2D eigenvalue weighted by atomic mass is 10.0. The van der Waals surface area contributed by atoms with Crippen LogP contribution in [-0.2, 0) is 4.79 Å². The van der Waals surface area contributed by atoms with Crippen LogP contribution in [0, 0.1) is 15.3 Å². The fourth-order valence-electron chi connectivity index (χ4n) is 2.54. The number of nitrogens with one attached hydrogen (secondary N) is 1. The molecule has 1 aromatic carbocycles. The summed E-state index contributed by atoms with van der Waals surface area (Å²) in [6.45, 7) is 5.09. The number of nitrogens with zero attached hydrogens (tertiary/aromatic N) is 1. The van der Waals surface area contributed by atoms with Crippen molar-refractivity contribution in [2.75, 3.05) is 13.1 Å². The molecule has 4 nitrogen and oxygen atoms in total. The molecule has 0 atom stereocenters. The molecule has 2 amide bonds. The Bertz CT molecular complexity index is 569. The summed E-state index contributed by atoms with van der Waals surface area (Å²) in [5.74, 6) is -0.509. The molecule has 0 aromatic heterocycles. The van der Waals surface area contributed by atoms with Crippen molar-refractivity contribution in [3.05, 3.63) is 33.1 Å². The van der Waals surface area contributed by atoms with E-state index in [-0.39, 0.29) is 23.8 Å². The highest BCUT2D eigenvalue weighted by Crippen LogP contribution is 2.17. The summed E-state index contributed by atoms with van der Waals surface area (Å²) < 4.78 is 14.0. The van der Waals surface area contributed by atoms with Crippen molar-refractivity contribution in [1.29, 1.82) is 0 Å². The summed E-state index contributed by atoms with van der Waals surface area (Å²) in [6, 6.07) is 4.22. The number of carbonyl (C=O) groups excluding carboxylic acids is 2. The summed E-state index contributed by atoms with van der Waals surface area (Å²) >= 11 is 2.03. The van der Waals surface area contributed by atoms with Crippen molar-refractivity contribution < 1.29 is 14.0 Å². The largest absolute Gasteiger partial charge is 0.349 e. The summed E-state index contributed by atoms with van der Waals surface area (Å²) in [6.07, 6.45) is 1.46. The van der Waals surface area contributed by atoms with Gasteiger partial charge in [-0.2, -0.15) is 0 Å². The van der Waals surface area contributed by atoms with Crippen LogP contribution in [0.25, 0.3) is 0 Å². The summed E-state index contributed by atoms with van der Waals surface area (Å²) in [5.41, 5.74) is 0.362. The Morgan fingerprint density at radius 1 is 1.32 bits per heavy atom. The molecule has 0 spiro atoms. The Balaban J connectivity index is 1.92. The number of amides is 2. The van der Waals surface area contributed by atoms with E-state index in [1.54, 1.807) is 6.07 Å². The zero-order valence-electron chi connectivity index (χ0n) is 12.7. The van der Waals surface area contributed by atoms with Gasteiger partial charge in [-0.3, -0.25) is 9.59 Å². The highest BCUT2D eigenvalue weighted by Gasteiger charge is 2.25. The number of hydrogen-bond acceptors (Lipinski definition) is 2. The van der Waals surface area contributed by atoms with E-state index in [0.29, 0.717) is 18.7 Å². The molecule has 1 N–H and O–H groups in total. The minimum absolute atomic E-state index is 0.0000126. The Morgan fingerprint density at radius 3 is 2.55 bits per heavy atom. The van der Waals surface area contributed by atoms with Crippen molar-refractivity contribution in [3.8, 4) is 0 Å². The van der Waals surface area contributed by atoms with Crippen molar-refractivity contribution in [3.63, 3.8) is 0 Å². The van der Waals surface area contributed by atoms with E-state index in [4.69, 9.17) is 0 Å². The maximum Gasteiger partial charge on any atom is 0.252 e. The lowest BCUT2D eigenvalue weighted by molar-refractivity contribution is -0.135. The standard InChI is InChI=1S/C16H20FIN2O2/c1-10(2)16(22)20-7-5-12(6-8-20)19-15(21)13-9-11(17)3-4-14(13)18/h3-4,9-10,12H,5-8H2,1-2H3,(H,19,21). The number of carbonyl (C=O) groups is 2. The molecular formula is C16H20FIN2O2. The molecule has 120 valence electrons. The molecule has 0 unspecified atom stereocenters. The molecule has 6 heteroatoms. The second kappa shape index (κ2) is 7.39. The third kappa shape index (κ3) is 4.18. The smallest absolute Gasteiger partial charge is 0.252 e. The fourth-order valence-corrected chi connectivity index (χ4v) is 3.12. The Morgan fingerprint density at radius 2 is 1.95 bits per heavy atom. The zero-order chi connectivity index (χ0) is 16.3. The molecule has 0 aliphatic carbocycles. The van der Waals surface area contributed by atoms with Gasteiger partial charge < -0.3 is 10.2 Å². The predicted octanol–water partition coefficient (Wildman–Crippen LogP) is 2.81. The minimum Gasteiger partial charge on any atom is -0.349 e. The van der Waals surface area contributed by atoms with Gasteiger partial charge in [0.2, 0.25) is 5.91 Å². The lowest BCUT2D eigenvalue weighted by Gasteiger charge is -2.33. The SMILES string of the molecule is CC(C)C(=O)N1CCC(NC(=O)c2cc(F)ccc2I)CC1. The first-order valence-electron chi connectivity index (χ1n) is 7.43. The van der Waals surface area contributed by atoms with Gasteiger partial charge in [0.25, 0.3) is 5.91 Å². The van der Waals surface area contributed by atoms with Crippen LogP contribution < -0.4 is 5.32 Å². The predicted molar refractivity (Wildman–Crippen MR) is 91.0 cm³/mol. The first-order valence-corrected chi connectivity index (χ1v) is 8.51. The van der Waals surface area contributed by atoms with Gasteiger partial charge in [0.15, 0.2) is 0 Å². The van der Waals surface area contributed by atoms with E-state index in [0.717, 1.165) is 16.4 Å². The van der Waals surface area contributed by atoms with E-state index in [9.17, 15) is 14.0 Å².